The van der Waals surface area contributed by atoms with E-state index in [0.29, 0.717) is 0 Å². The van der Waals surface area contributed by atoms with Crippen molar-refractivity contribution < 1.29 is 0 Å². The Morgan fingerprint density at radius 1 is 1.43 bits per heavy atom. The summed E-state index contributed by atoms with van der Waals surface area (Å²) in [6, 6.07) is 0. The highest BCUT2D eigenvalue weighted by Gasteiger charge is 2.44. The first-order valence-electron chi connectivity index (χ1n) is 2.96. The minimum atomic E-state index is 0.778. The molecule has 39 valence electrons. The fourth-order valence-electron chi connectivity index (χ4n) is 1.21. The quantitative estimate of drug-likeness (QED) is 0.473. The smallest absolute Gasteiger partial charge is 0.0227 e. The second-order valence-corrected chi connectivity index (χ2v) is 2.79. The minimum Gasteiger partial charge on any atom is -0.312 e. The molecule has 1 aliphatic carbocycles. The van der Waals surface area contributed by atoms with E-state index in [2.05, 4.69) is 11.9 Å². The van der Waals surface area contributed by atoms with E-state index in [4.69, 9.17) is 0 Å². The van der Waals surface area contributed by atoms with Gasteiger partial charge in [0.1, 0.15) is 0 Å². The average Bonchev–Trinajstić information content (AvgIpc) is 2.15. The van der Waals surface area contributed by atoms with Gasteiger partial charge in [0, 0.05) is 13.1 Å². The number of hydrogen-bond acceptors (Lipinski definition) is 1. The van der Waals surface area contributed by atoms with Gasteiger partial charge < -0.3 is 5.32 Å². The molecule has 0 unspecified atom stereocenters. The summed E-state index contributed by atoms with van der Waals surface area (Å²) in [4.78, 5) is 0. The Morgan fingerprint density at radius 3 is 2.57 bits per heavy atom. The summed E-state index contributed by atoms with van der Waals surface area (Å²) in [5.74, 6) is 0. The van der Waals surface area contributed by atoms with Crippen molar-refractivity contribution in [1.29, 1.82) is 0 Å². The van der Waals surface area contributed by atoms with Gasteiger partial charge in [0.2, 0.25) is 0 Å². The van der Waals surface area contributed by atoms with Gasteiger partial charge in [-0.05, 0) is 24.7 Å². The van der Waals surface area contributed by atoms with E-state index in [1.807, 2.05) is 0 Å². The van der Waals surface area contributed by atoms with Crippen LogP contribution < -0.4 is 5.32 Å². The van der Waals surface area contributed by atoms with Crippen molar-refractivity contribution in [3.63, 3.8) is 0 Å². The maximum absolute atomic E-state index is 3.25. The molecule has 1 nitrogen and oxygen atoms in total. The highest BCUT2D eigenvalue weighted by Crippen LogP contribution is 2.50. The maximum Gasteiger partial charge on any atom is 0.0227 e. The van der Waals surface area contributed by atoms with Crippen LogP contribution in [0.25, 0.3) is 0 Å². The Labute approximate surface area is 44.1 Å². The van der Waals surface area contributed by atoms with E-state index in [-0.39, 0.29) is 0 Å². The van der Waals surface area contributed by atoms with Crippen molar-refractivity contribution in [2.45, 2.75) is 19.3 Å². The highest BCUT2D eigenvalue weighted by atomic mass is 14.9. The molecular formula is C6H10N. The first-order chi connectivity index (χ1) is 3.41. The van der Waals surface area contributed by atoms with Crippen LogP contribution in [-0.4, -0.2) is 6.54 Å². The first kappa shape index (κ1) is 3.90. The van der Waals surface area contributed by atoms with Gasteiger partial charge in [0.25, 0.3) is 0 Å². The summed E-state index contributed by atoms with van der Waals surface area (Å²) in [5, 5.41) is 3.25. The van der Waals surface area contributed by atoms with Crippen LogP contribution in [-0.2, 0) is 0 Å². The number of nitrogens with one attached hydrogen (secondary N) is 1. The Morgan fingerprint density at radius 2 is 2.29 bits per heavy atom. The summed E-state index contributed by atoms with van der Waals surface area (Å²) in [6.45, 7) is 3.46. The molecule has 0 amide bonds. The Kier molecular flexibility index (Phi) is 0.571. The summed E-state index contributed by atoms with van der Waals surface area (Å²) < 4.78 is 0. The van der Waals surface area contributed by atoms with Crippen LogP contribution in [0.1, 0.15) is 19.3 Å². The fraction of sp³-hybridized carbons (Fsp3) is 0.833. The highest BCUT2D eigenvalue weighted by molar-refractivity contribution is 5.02. The van der Waals surface area contributed by atoms with Crippen molar-refractivity contribution in [3.05, 3.63) is 6.54 Å². The van der Waals surface area contributed by atoms with Gasteiger partial charge >= 0.3 is 0 Å². The lowest BCUT2D eigenvalue weighted by atomic mass is 10.1. The van der Waals surface area contributed by atoms with Crippen molar-refractivity contribution in [2.75, 3.05) is 6.54 Å². The zero-order valence-corrected chi connectivity index (χ0v) is 4.41. The normalized spacial score (nSPS) is 34.3. The van der Waals surface area contributed by atoms with Crippen molar-refractivity contribution >= 4 is 0 Å². The molecule has 0 bridgehead atoms. The molecular weight excluding hydrogens is 86.1 g/mol. The molecule has 2 rings (SSSR count). The molecule has 0 aromatic carbocycles. The molecule has 0 atom stereocenters. The van der Waals surface area contributed by atoms with Crippen molar-refractivity contribution in [2.24, 2.45) is 5.41 Å². The van der Waals surface area contributed by atoms with Gasteiger partial charge in [0.15, 0.2) is 0 Å². The molecule has 1 heteroatoms. The van der Waals surface area contributed by atoms with Crippen LogP contribution in [0.5, 0.6) is 0 Å². The minimum absolute atomic E-state index is 0.778. The van der Waals surface area contributed by atoms with Crippen LogP contribution in [0.2, 0.25) is 0 Å². The molecule has 7 heavy (non-hydrogen) atoms. The zero-order valence-electron chi connectivity index (χ0n) is 4.41. The lowest BCUT2D eigenvalue weighted by molar-refractivity contribution is 0.577. The number of hydrogen-bond donors (Lipinski definition) is 1. The predicted molar refractivity (Wildman–Crippen MR) is 28.6 cm³/mol. The summed E-state index contributed by atoms with van der Waals surface area (Å²) in [5.41, 5.74) is 0.778. The molecule has 1 radical (unpaired) electrons. The Balaban J connectivity index is 2.07. The molecule has 1 saturated carbocycles. The second kappa shape index (κ2) is 1.03. The predicted octanol–water partition coefficient (Wildman–Crippen LogP) is 0.922. The Hall–Kier alpha value is -0.0400. The molecule has 1 aliphatic heterocycles. The van der Waals surface area contributed by atoms with Crippen LogP contribution in [0.3, 0.4) is 0 Å². The third-order valence-electron chi connectivity index (χ3n) is 2.11. The van der Waals surface area contributed by atoms with Gasteiger partial charge in [-0.2, -0.15) is 0 Å². The van der Waals surface area contributed by atoms with Crippen LogP contribution in [0.4, 0.5) is 0 Å². The summed E-state index contributed by atoms with van der Waals surface area (Å²) >= 11 is 0. The fourth-order valence-corrected chi connectivity index (χ4v) is 1.21. The lowest BCUT2D eigenvalue weighted by Crippen LogP contribution is -2.06. The van der Waals surface area contributed by atoms with Crippen LogP contribution in [0.15, 0.2) is 0 Å². The van der Waals surface area contributed by atoms with Crippen LogP contribution in [0, 0.1) is 12.0 Å². The molecule has 1 saturated heterocycles. The molecule has 0 aromatic rings. The average molecular weight is 96.2 g/mol. The van der Waals surface area contributed by atoms with E-state index in [9.17, 15) is 0 Å². The maximum atomic E-state index is 3.25. The summed E-state index contributed by atoms with van der Waals surface area (Å²) in [6.07, 6.45) is 4.26. The summed E-state index contributed by atoms with van der Waals surface area (Å²) in [7, 11) is 0. The molecule has 1 N–H and O–H groups in total. The van der Waals surface area contributed by atoms with Gasteiger partial charge in [-0.1, -0.05) is 0 Å². The lowest BCUT2D eigenvalue weighted by Gasteiger charge is -1.96. The second-order valence-electron chi connectivity index (χ2n) is 2.79. The van der Waals surface area contributed by atoms with E-state index >= 15 is 0 Å². The largest absolute Gasteiger partial charge is 0.312 e. The standard InChI is InChI=1S/C6H10N/c1-2-6(1)3-4-7-5-6/h4,7H,1-3,5H2. The SMILES string of the molecule is [CH]1CC2(CC2)CN1. The van der Waals surface area contributed by atoms with E-state index in [1.54, 1.807) is 0 Å². The molecule has 2 fully saturated rings. The van der Waals surface area contributed by atoms with E-state index in [1.165, 1.54) is 25.8 Å². The third-order valence-corrected chi connectivity index (χ3v) is 2.11. The first-order valence-corrected chi connectivity index (χ1v) is 2.96. The monoisotopic (exact) mass is 96.1 g/mol. The third kappa shape index (κ3) is 0.480. The van der Waals surface area contributed by atoms with Crippen molar-refractivity contribution in [1.82, 2.24) is 5.32 Å². The molecule has 1 spiro atoms. The van der Waals surface area contributed by atoms with E-state index < -0.39 is 0 Å². The number of rotatable bonds is 0. The van der Waals surface area contributed by atoms with Gasteiger partial charge in [-0.3, -0.25) is 0 Å². The van der Waals surface area contributed by atoms with Gasteiger partial charge in [-0.25, -0.2) is 0 Å². The molecule has 1 heterocycles. The van der Waals surface area contributed by atoms with Gasteiger partial charge in [-0.15, -0.1) is 0 Å². The van der Waals surface area contributed by atoms with Gasteiger partial charge in [0.05, 0.1) is 0 Å². The van der Waals surface area contributed by atoms with Crippen LogP contribution >= 0.6 is 0 Å². The Bertz CT molecular complexity index is 76.2. The topological polar surface area (TPSA) is 12.0 Å². The molecule has 0 aromatic heterocycles. The van der Waals surface area contributed by atoms with Crippen molar-refractivity contribution in [3.8, 4) is 0 Å². The van der Waals surface area contributed by atoms with E-state index in [0.717, 1.165) is 5.41 Å². The zero-order chi connectivity index (χ0) is 4.74. The molecule has 2 aliphatic rings.